The van der Waals surface area contributed by atoms with Crippen molar-refractivity contribution in [2.24, 2.45) is 11.8 Å². The second-order valence-electron chi connectivity index (χ2n) is 11.5. The first-order chi connectivity index (χ1) is 20.6. The van der Waals surface area contributed by atoms with E-state index in [9.17, 15) is 9.90 Å². The summed E-state index contributed by atoms with van der Waals surface area (Å²) in [6.45, 7) is 16.8. The van der Waals surface area contributed by atoms with E-state index < -0.39 is 0 Å². The van der Waals surface area contributed by atoms with E-state index in [4.69, 9.17) is 9.97 Å². The molecule has 0 spiro atoms. The van der Waals surface area contributed by atoms with Crippen molar-refractivity contribution in [3.8, 4) is 11.4 Å². The molecule has 0 aliphatic rings. The summed E-state index contributed by atoms with van der Waals surface area (Å²) in [5.74, 6) is 0.868. The van der Waals surface area contributed by atoms with Crippen molar-refractivity contribution in [1.82, 2.24) is 15.0 Å². The Morgan fingerprint density at radius 2 is 1.61 bits per heavy atom. The smallest absolute Gasteiger partial charge is 0.162 e. The number of allylic oxidation sites excluding steroid dienone is 2. The number of hydrogen-bond acceptors (Lipinski definition) is 6. The summed E-state index contributed by atoms with van der Waals surface area (Å²) < 4.78 is 1.19. The van der Waals surface area contributed by atoms with Gasteiger partial charge in [-0.25, -0.2) is 0 Å². The normalized spacial score (nSPS) is 11.8. The van der Waals surface area contributed by atoms with Gasteiger partial charge in [-0.2, -0.15) is 0 Å². The number of nitrogens with zero attached hydrogens (tertiary/aromatic N) is 3. The molecule has 0 saturated heterocycles. The van der Waals surface area contributed by atoms with Crippen LogP contribution in [0.1, 0.15) is 89.3 Å². The average Bonchev–Trinajstić information content (AvgIpc) is 3.31. The quantitative estimate of drug-likeness (QED) is 0.0915. The molecular formula is C37H44IrN3O2S-. The zero-order valence-electron chi connectivity index (χ0n) is 27.1. The Labute approximate surface area is 279 Å². The Bertz CT molecular complexity index is 1770. The number of rotatable bonds is 9. The Morgan fingerprint density at radius 1 is 0.955 bits per heavy atom. The number of carbonyl (C=O) groups excluding carboxylic acids is 1. The van der Waals surface area contributed by atoms with Crippen LogP contribution in [-0.2, 0) is 24.9 Å². The minimum absolute atomic E-state index is 0. The van der Waals surface area contributed by atoms with Crippen molar-refractivity contribution in [3.05, 3.63) is 76.6 Å². The third-order valence-electron chi connectivity index (χ3n) is 8.40. The molecule has 1 radical (unpaired) electrons. The predicted octanol–water partition coefficient (Wildman–Crippen LogP) is 10.5. The number of hydrogen-bond donors (Lipinski definition) is 1. The summed E-state index contributed by atoms with van der Waals surface area (Å²) in [6.07, 6.45) is 6.74. The van der Waals surface area contributed by atoms with E-state index in [0.29, 0.717) is 5.92 Å². The molecule has 0 aliphatic carbocycles. The van der Waals surface area contributed by atoms with Crippen molar-refractivity contribution < 1.29 is 30.0 Å². The van der Waals surface area contributed by atoms with E-state index >= 15 is 0 Å². The monoisotopic (exact) mass is 787 g/mol. The maximum absolute atomic E-state index is 11.7. The number of aliphatic hydroxyl groups excluding tert-OH is 1. The van der Waals surface area contributed by atoms with Gasteiger partial charge in [0, 0.05) is 66.2 Å². The van der Waals surface area contributed by atoms with Crippen molar-refractivity contribution in [3.63, 3.8) is 0 Å². The van der Waals surface area contributed by atoms with Gasteiger partial charge in [0.25, 0.3) is 0 Å². The van der Waals surface area contributed by atoms with Crippen LogP contribution in [0.3, 0.4) is 0 Å². The van der Waals surface area contributed by atoms with Crippen molar-refractivity contribution in [2.75, 3.05) is 0 Å². The summed E-state index contributed by atoms with van der Waals surface area (Å²) in [5, 5.41) is 13.2. The molecule has 5 aromatic rings. The summed E-state index contributed by atoms with van der Waals surface area (Å²) in [6, 6.07) is 15.9. The Hall–Kier alpha value is -2.99. The van der Waals surface area contributed by atoms with Gasteiger partial charge in [-0.1, -0.05) is 59.1 Å². The number of benzene rings is 1. The number of pyridine rings is 3. The van der Waals surface area contributed by atoms with E-state index in [1.54, 1.807) is 11.3 Å². The molecule has 235 valence electrons. The van der Waals surface area contributed by atoms with Crippen LogP contribution in [0.2, 0.25) is 0 Å². The molecule has 0 aliphatic heterocycles. The number of aromatic nitrogens is 3. The Balaban J connectivity index is 0.000000286. The van der Waals surface area contributed by atoms with Gasteiger partial charge in [-0.05, 0) is 68.5 Å². The van der Waals surface area contributed by atoms with Crippen LogP contribution < -0.4 is 0 Å². The summed E-state index contributed by atoms with van der Waals surface area (Å²) in [7, 11) is 0. The number of thiophene rings is 1. The molecule has 5 nitrogen and oxygen atoms in total. The fourth-order valence-electron chi connectivity index (χ4n) is 5.57. The Kier molecular flexibility index (Phi) is 12.8. The first-order valence-corrected chi connectivity index (χ1v) is 16.4. The molecule has 5 rings (SSSR count). The van der Waals surface area contributed by atoms with Crippen molar-refractivity contribution in [2.45, 2.75) is 87.0 Å². The number of ketones is 1. The molecule has 4 heterocycles. The maximum atomic E-state index is 11.7. The first-order valence-electron chi connectivity index (χ1n) is 15.6. The van der Waals surface area contributed by atoms with Gasteiger partial charge >= 0.3 is 0 Å². The molecule has 1 N–H and O–H groups in total. The van der Waals surface area contributed by atoms with Crippen LogP contribution in [0.15, 0.2) is 54.4 Å². The molecule has 1 aromatic carbocycles. The van der Waals surface area contributed by atoms with Crippen LogP contribution in [-0.4, -0.2) is 25.8 Å². The van der Waals surface area contributed by atoms with Gasteiger partial charge < -0.3 is 5.11 Å². The number of aryl methyl sites for hydroxylation is 2. The van der Waals surface area contributed by atoms with Crippen LogP contribution in [0.25, 0.3) is 43.3 Å². The van der Waals surface area contributed by atoms with E-state index in [1.165, 1.54) is 21.2 Å². The standard InChI is InChI=1S/C24H20N3S.C13H24O2.Ir/c1-13(2)21-17-9-6-5-8-16(17)12-19(27-21)22-20-14(3)15(4)28-24(20)23-18(26-22)10-7-11-25-23;1-5-10(6-2)12(14)9-13(15)11(7-3)8-4;/h5-11,13H,1-4H3;9-11,14H,5-8H2,1-4H3;/q-1;;/b;12-9-;. The zero-order valence-corrected chi connectivity index (χ0v) is 30.3. The molecular weight excluding hydrogens is 743 g/mol. The van der Waals surface area contributed by atoms with Crippen molar-refractivity contribution >= 4 is 49.0 Å². The fraction of sp³-hybridized carbons (Fsp3) is 0.405. The number of aliphatic hydroxyl groups is 1. The van der Waals surface area contributed by atoms with Crippen molar-refractivity contribution in [1.29, 1.82) is 0 Å². The molecule has 44 heavy (non-hydrogen) atoms. The van der Waals surface area contributed by atoms with E-state index in [0.717, 1.165) is 70.0 Å². The van der Waals surface area contributed by atoms with Gasteiger partial charge in [0.05, 0.1) is 16.0 Å². The minimum Gasteiger partial charge on any atom is -0.512 e. The molecule has 0 unspecified atom stereocenters. The predicted molar refractivity (Wildman–Crippen MR) is 182 cm³/mol. The van der Waals surface area contributed by atoms with E-state index in [2.05, 4.69) is 63.0 Å². The molecule has 0 atom stereocenters. The fourth-order valence-corrected chi connectivity index (χ4v) is 6.74. The topological polar surface area (TPSA) is 76.0 Å². The van der Waals surface area contributed by atoms with Crippen LogP contribution in [0, 0.1) is 31.7 Å². The maximum Gasteiger partial charge on any atom is 0.162 e. The van der Waals surface area contributed by atoms with Gasteiger partial charge in [-0.15, -0.1) is 34.9 Å². The van der Waals surface area contributed by atoms with Gasteiger partial charge in [0.1, 0.15) is 5.52 Å². The van der Waals surface area contributed by atoms with Gasteiger partial charge in [0.2, 0.25) is 0 Å². The SMILES string of the molecule is CCC(CC)C(=O)/C=C(\O)C(CC)CC.Cc1sc2c(c(-c3[c-]c4ccccc4c(C(C)C)n3)nc3cccnc32)c1C.[Ir]. The van der Waals surface area contributed by atoms with Crippen LogP contribution >= 0.6 is 11.3 Å². The van der Waals surface area contributed by atoms with Gasteiger partial charge in [-0.3, -0.25) is 19.7 Å². The number of carbonyl (C=O) groups is 1. The molecule has 0 bridgehead atoms. The molecule has 0 amide bonds. The zero-order chi connectivity index (χ0) is 31.3. The van der Waals surface area contributed by atoms with Crippen LogP contribution in [0.5, 0.6) is 0 Å². The van der Waals surface area contributed by atoms with Crippen LogP contribution in [0.4, 0.5) is 0 Å². The van der Waals surface area contributed by atoms with E-state index in [1.807, 2.05) is 46.0 Å². The third kappa shape index (κ3) is 7.44. The van der Waals surface area contributed by atoms with Gasteiger partial charge in [0.15, 0.2) is 5.78 Å². The molecule has 0 saturated carbocycles. The Morgan fingerprint density at radius 3 is 2.25 bits per heavy atom. The first kappa shape index (κ1) is 35.5. The summed E-state index contributed by atoms with van der Waals surface area (Å²) in [5.41, 5.74) is 5.94. The van der Waals surface area contributed by atoms with E-state index in [-0.39, 0.29) is 43.5 Å². The second-order valence-corrected chi connectivity index (χ2v) is 12.7. The second kappa shape index (κ2) is 15.8. The summed E-state index contributed by atoms with van der Waals surface area (Å²) in [4.78, 5) is 27.7. The average molecular weight is 787 g/mol. The largest absolute Gasteiger partial charge is 0.512 e. The molecule has 7 heteroatoms. The molecule has 0 fully saturated rings. The number of fused-ring (bicyclic) bond motifs is 4. The third-order valence-corrected chi connectivity index (χ3v) is 9.61. The molecule has 4 aromatic heterocycles. The minimum atomic E-state index is 0. The summed E-state index contributed by atoms with van der Waals surface area (Å²) >= 11 is 1.79.